The maximum absolute atomic E-state index is 13.9. The van der Waals surface area contributed by atoms with Crippen LogP contribution in [0, 0.1) is 32.3 Å². The number of nitrogens with zero attached hydrogens (tertiary/aromatic N) is 4. The Morgan fingerprint density at radius 2 is 1.77 bits per heavy atom. The summed E-state index contributed by atoms with van der Waals surface area (Å²) in [6, 6.07) is 12.3. The van der Waals surface area contributed by atoms with Crippen LogP contribution in [0.1, 0.15) is 95.3 Å². The van der Waals surface area contributed by atoms with Gasteiger partial charge in [-0.1, -0.05) is 31.9 Å². The van der Waals surface area contributed by atoms with Crippen molar-refractivity contribution in [3.63, 3.8) is 0 Å². The number of nitrogens with one attached hydrogen (secondary N) is 3. The SMILES string of the molecule is CC1(C)CCC(CN2CCN(c3ccc(C(=O)NS(=O)(=O)c4ccc(NCC5CCC(O)CC5)c([N+](=O)[O-])c4)c(Oc4cnc5[nH]ccc5c4)c3)CC2)=C(C23CC(C)(C2)C3)C1. The Morgan fingerprint density at radius 1 is 1.02 bits per heavy atom. The van der Waals surface area contributed by atoms with E-state index in [1.54, 1.807) is 35.5 Å². The number of carbonyl (C=O) groups excluding carboxylic acids is 1. The van der Waals surface area contributed by atoms with Crippen LogP contribution in [-0.2, 0) is 10.0 Å². The van der Waals surface area contributed by atoms with Gasteiger partial charge in [0.25, 0.3) is 21.6 Å². The summed E-state index contributed by atoms with van der Waals surface area (Å²) in [5.74, 6) is -0.192. The number of aromatic amines is 1. The number of carbonyl (C=O) groups is 1. The number of benzene rings is 2. The van der Waals surface area contributed by atoms with E-state index in [2.05, 4.69) is 50.6 Å². The Labute approximate surface area is 357 Å². The fourth-order valence-electron chi connectivity index (χ4n) is 11.0. The number of fused-ring (bicyclic) bond motifs is 1. The van der Waals surface area contributed by atoms with E-state index in [-0.39, 0.29) is 29.0 Å². The average molecular weight is 852 g/mol. The molecule has 2 aromatic carbocycles. The highest BCUT2D eigenvalue weighted by molar-refractivity contribution is 7.90. The van der Waals surface area contributed by atoms with Crippen LogP contribution in [0.3, 0.4) is 0 Å². The molecule has 0 radical (unpaired) electrons. The highest BCUT2D eigenvalue weighted by Crippen LogP contribution is 2.77. The van der Waals surface area contributed by atoms with Gasteiger partial charge in [-0.25, -0.2) is 18.1 Å². The summed E-state index contributed by atoms with van der Waals surface area (Å²) in [7, 11) is -4.55. The maximum Gasteiger partial charge on any atom is 0.293 e. The average Bonchev–Trinajstić information content (AvgIpc) is 3.68. The second-order valence-corrected chi connectivity index (χ2v) is 21.3. The van der Waals surface area contributed by atoms with Crippen molar-refractivity contribution in [1.29, 1.82) is 0 Å². The maximum atomic E-state index is 13.9. The van der Waals surface area contributed by atoms with E-state index in [1.165, 1.54) is 56.9 Å². The number of nitro groups is 1. The molecule has 1 saturated heterocycles. The number of aliphatic hydroxyl groups excluding tert-OH is 1. The quantitative estimate of drug-likeness (QED) is 0.0579. The molecule has 61 heavy (non-hydrogen) atoms. The summed E-state index contributed by atoms with van der Waals surface area (Å²) < 4.78 is 35.8. The third-order valence-corrected chi connectivity index (χ3v) is 15.5. The number of ether oxygens (including phenoxy) is 1. The van der Waals surface area contributed by atoms with E-state index < -0.39 is 31.4 Å². The van der Waals surface area contributed by atoms with Gasteiger partial charge in [-0.3, -0.25) is 19.8 Å². The first-order valence-electron chi connectivity index (χ1n) is 21.8. The molecule has 324 valence electrons. The van der Waals surface area contributed by atoms with Crippen molar-refractivity contribution in [2.75, 3.05) is 49.5 Å². The number of anilines is 2. The highest BCUT2D eigenvalue weighted by atomic mass is 32.2. The van der Waals surface area contributed by atoms with Crippen molar-refractivity contribution >= 4 is 44.0 Å². The molecule has 1 amide bonds. The normalized spacial score (nSPS) is 26.3. The lowest BCUT2D eigenvalue weighted by atomic mass is 9.33. The van der Waals surface area contributed by atoms with Crippen molar-refractivity contribution in [2.24, 2.45) is 22.2 Å². The summed E-state index contributed by atoms with van der Waals surface area (Å²) in [6.45, 7) is 12.1. The predicted molar refractivity (Wildman–Crippen MR) is 235 cm³/mol. The van der Waals surface area contributed by atoms with Crippen molar-refractivity contribution in [2.45, 2.75) is 96.0 Å². The fraction of sp³-hybridized carbons (Fsp3) is 0.522. The number of pyridine rings is 1. The number of hydrogen-bond acceptors (Lipinski definition) is 11. The number of nitro benzene ring substituents is 1. The zero-order chi connectivity index (χ0) is 42.7. The van der Waals surface area contributed by atoms with Crippen LogP contribution in [-0.4, -0.2) is 84.6 Å². The van der Waals surface area contributed by atoms with E-state index in [0.29, 0.717) is 47.0 Å². The number of amides is 1. The number of aliphatic hydroxyl groups is 1. The molecule has 6 aliphatic rings. The second-order valence-electron chi connectivity index (χ2n) is 19.6. The topological polar surface area (TPSA) is 183 Å². The predicted octanol–water partition coefficient (Wildman–Crippen LogP) is 8.16. The van der Waals surface area contributed by atoms with Gasteiger partial charge >= 0.3 is 0 Å². The fourth-order valence-corrected chi connectivity index (χ4v) is 12.0. The summed E-state index contributed by atoms with van der Waals surface area (Å²) in [5.41, 5.74) is 6.07. The number of sulfonamides is 1. The molecule has 4 N–H and O–H groups in total. The Kier molecular flexibility index (Phi) is 10.7. The van der Waals surface area contributed by atoms with E-state index >= 15 is 0 Å². The zero-order valence-corrected chi connectivity index (χ0v) is 36.2. The van der Waals surface area contributed by atoms with Gasteiger partial charge in [0.15, 0.2) is 0 Å². The van der Waals surface area contributed by atoms with E-state index in [4.69, 9.17) is 4.74 Å². The minimum Gasteiger partial charge on any atom is -0.455 e. The van der Waals surface area contributed by atoms with Gasteiger partial charge in [-0.15, -0.1) is 0 Å². The monoisotopic (exact) mass is 851 g/mol. The third kappa shape index (κ3) is 8.48. The van der Waals surface area contributed by atoms with Gasteiger partial charge in [0.05, 0.1) is 27.7 Å². The van der Waals surface area contributed by atoms with Crippen LogP contribution in [0.4, 0.5) is 17.1 Å². The number of hydrogen-bond donors (Lipinski definition) is 4. The number of H-pyrrole nitrogens is 1. The van der Waals surface area contributed by atoms with Crippen LogP contribution in [0.15, 0.2) is 77.0 Å². The van der Waals surface area contributed by atoms with Crippen molar-refractivity contribution in [1.82, 2.24) is 19.6 Å². The summed E-state index contributed by atoms with van der Waals surface area (Å²) in [6.07, 6.45) is 13.6. The molecule has 2 aromatic heterocycles. The van der Waals surface area contributed by atoms with E-state index in [1.807, 2.05) is 12.1 Å². The van der Waals surface area contributed by atoms with Gasteiger partial charge in [-0.05, 0) is 123 Å². The lowest BCUT2D eigenvalue weighted by molar-refractivity contribution is -0.384. The van der Waals surface area contributed by atoms with Gasteiger partial charge in [-0.2, -0.15) is 0 Å². The number of piperazine rings is 1. The largest absolute Gasteiger partial charge is 0.455 e. The Balaban J connectivity index is 0.917. The molecule has 4 aromatic rings. The Hall–Kier alpha value is -4.99. The molecule has 3 heterocycles. The molecule has 5 fully saturated rings. The standard InChI is InChI=1S/C46H57N7O7S/c1-44(2)14-12-32(38(23-44)46-27-45(3,28-46)29-46)26-51-16-18-52(19-17-51)33-6-10-37(41(21-33)60-35-20-31-13-15-47-42(31)49-25-35)43(55)50-61(58,59)36-9-11-39(40(22-36)53(56)57)48-24-30-4-7-34(54)8-5-30/h6,9-11,13,15,20-22,25,30,34,48,54H,4-5,7-8,12,14,16-19,23-24,26-29H2,1-3H3,(H,47,49)(H,50,55). The first-order chi connectivity index (χ1) is 29.1. The Bertz CT molecular complexity index is 2480. The first kappa shape index (κ1) is 41.4. The van der Waals surface area contributed by atoms with Crippen LogP contribution < -0.4 is 19.7 Å². The lowest BCUT2D eigenvalue weighted by Crippen LogP contribution is -2.61. The van der Waals surface area contributed by atoms with Gasteiger partial charge < -0.3 is 25.0 Å². The molecular weight excluding hydrogens is 795 g/mol. The number of rotatable bonds is 13. The van der Waals surface area contributed by atoms with Crippen LogP contribution >= 0.6 is 0 Å². The van der Waals surface area contributed by atoms with Crippen molar-refractivity contribution in [3.8, 4) is 11.5 Å². The molecule has 4 saturated carbocycles. The molecular formula is C46H57N7O7S. The van der Waals surface area contributed by atoms with Crippen LogP contribution in [0.25, 0.3) is 11.0 Å². The second kappa shape index (κ2) is 15.7. The first-order valence-corrected chi connectivity index (χ1v) is 23.3. The molecule has 0 atom stereocenters. The molecule has 5 aliphatic carbocycles. The van der Waals surface area contributed by atoms with Gasteiger partial charge in [0.2, 0.25) is 0 Å². The van der Waals surface area contributed by atoms with Gasteiger partial charge in [0, 0.05) is 68.7 Å². The zero-order valence-electron chi connectivity index (χ0n) is 35.3. The number of aromatic nitrogens is 2. The molecule has 2 bridgehead atoms. The molecule has 15 heteroatoms. The summed E-state index contributed by atoms with van der Waals surface area (Å²) in [5, 5.41) is 25.8. The van der Waals surface area contributed by atoms with E-state index in [0.717, 1.165) is 62.7 Å². The molecule has 0 unspecified atom stereocenters. The molecule has 14 nitrogen and oxygen atoms in total. The third-order valence-electron chi connectivity index (χ3n) is 14.2. The van der Waals surface area contributed by atoms with Crippen molar-refractivity contribution < 1.29 is 28.0 Å². The van der Waals surface area contributed by atoms with Crippen molar-refractivity contribution in [3.05, 3.63) is 87.7 Å². The van der Waals surface area contributed by atoms with Gasteiger partial charge in [0.1, 0.15) is 22.8 Å². The highest BCUT2D eigenvalue weighted by Gasteiger charge is 2.66. The number of allylic oxidation sites excluding steroid dienone is 1. The minimum atomic E-state index is -4.55. The summed E-state index contributed by atoms with van der Waals surface area (Å²) in [4.78, 5) is 37.3. The van der Waals surface area contributed by atoms with Crippen LogP contribution in [0.5, 0.6) is 11.5 Å². The molecule has 0 spiro atoms. The smallest absolute Gasteiger partial charge is 0.293 e. The Morgan fingerprint density at radius 3 is 2.49 bits per heavy atom. The summed E-state index contributed by atoms with van der Waals surface area (Å²) >= 11 is 0. The minimum absolute atomic E-state index is 0.0207. The van der Waals surface area contributed by atoms with E-state index in [9.17, 15) is 28.4 Å². The lowest BCUT2D eigenvalue weighted by Gasteiger charge is -2.72. The van der Waals surface area contributed by atoms with Crippen LogP contribution in [0.2, 0.25) is 0 Å². The molecule has 10 rings (SSSR count). The molecule has 1 aliphatic heterocycles.